The Kier molecular flexibility index (Phi) is 6.12. The van der Waals surface area contributed by atoms with Crippen LogP contribution in [0.1, 0.15) is 28.4 Å². The maximum atomic E-state index is 12.7. The van der Waals surface area contributed by atoms with E-state index in [0.29, 0.717) is 26.2 Å². The fraction of sp³-hybridized carbons (Fsp3) is 0.364. The lowest BCUT2D eigenvalue weighted by molar-refractivity contribution is -0.134. The van der Waals surface area contributed by atoms with E-state index in [1.807, 2.05) is 60.4 Å². The Bertz CT molecular complexity index is 811. The average molecular weight is 366 g/mol. The largest absolute Gasteiger partial charge is 0.483 e. The van der Waals surface area contributed by atoms with Crippen LogP contribution in [0, 0.1) is 6.92 Å². The predicted octanol–water partition coefficient (Wildman–Crippen LogP) is 2.92. The van der Waals surface area contributed by atoms with Gasteiger partial charge in [-0.05, 0) is 36.6 Å². The van der Waals surface area contributed by atoms with Gasteiger partial charge in [-0.3, -0.25) is 9.59 Å². The van der Waals surface area contributed by atoms with Crippen LogP contribution in [0.2, 0.25) is 0 Å². The average Bonchev–Trinajstić information content (AvgIpc) is 2.72. The Hall–Kier alpha value is -2.82. The monoisotopic (exact) mass is 366 g/mol. The van der Waals surface area contributed by atoms with E-state index >= 15 is 0 Å². The fourth-order valence-electron chi connectivity index (χ4n) is 3.31. The Morgan fingerprint density at radius 3 is 2.26 bits per heavy atom. The van der Waals surface area contributed by atoms with Crippen LogP contribution in [0.4, 0.5) is 0 Å². The smallest absolute Gasteiger partial charge is 0.260 e. The Morgan fingerprint density at radius 1 is 0.926 bits per heavy atom. The molecule has 1 aliphatic rings. The summed E-state index contributed by atoms with van der Waals surface area (Å²) >= 11 is 0. The highest BCUT2D eigenvalue weighted by molar-refractivity contribution is 5.95. The van der Waals surface area contributed by atoms with Gasteiger partial charge in [-0.15, -0.1) is 0 Å². The first-order chi connectivity index (χ1) is 13.1. The van der Waals surface area contributed by atoms with Gasteiger partial charge in [0.1, 0.15) is 5.75 Å². The molecule has 142 valence electrons. The van der Waals surface area contributed by atoms with Gasteiger partial charge in [0.05, 0.1) is 0 Å². The van der Waals surface area contributed by atoms with E-state index in [9.17, 15) is 9.59 Å². The number of nitrogens with zero attached hydrogens (tertiary/aromatic N) is 2. The van der Waals surface area contributed by atoms with Gasteiger partial charge in [-0.25, -0.2) is 0 Å². The van der Waals surface area contributed by atoms with Crippen molar-refractivity contribution in [1.29, 1.82) is 0 Å². The molecule has 0 radical (unpaired) electrons. The lowest BCUT2D eigenvalue weighted by atomic mass is 10.1. The molecule has 1 fully saturated rings. The van der Waals surface area contributed by atoms with E-state index in [4.69, 9.17) is 4.74 Å². The summed E-state index contributed by atoms with van der Waals surface area (Å²) in [4.78, 5) is 28.7. The van der Waals surface area contributed by atoms with E-state index in [1.54, 1.807) is 4.90 Å². The first-order valence-corrected chi connectivity index (χ1v) is 9.43. The number of amides is 2. The molecule has 0 bridgehead atoms. The van der Waals surface area contributed by atoms with Crippen LogP contribution in [0.5, 0.6) is 5.75 Å². The van der Waals surface area contributed by atoms with Crippen molar-refractivity contribution in [3.63, 3.8) is 0 Å². The molecule has 5 nitrogen and oxygen atoms in total. The number of benzene rings is 2. The van der Waals surface area contributed by atoms with Crippen LogP contribution < -0.4 is 4.74 Å². The molecule has 1 aliphatic heterocycles. The highest BCUT2D eigenvalue weighted by Gasteiger charge is 2.25. The van der Waals surface area contributed by atoms with Crippen molar-refractivity contribution < 1.29 is 14.3 Å². The van der Waals surface area contributed by atoms with Gasteiger partial charge in [-0.2, -0.15) is 0 Å². The number of aryl methyl sites for hydroxylation is 2. The van der Waals surface area contributed by atoms with Crippen molar-refractivity contribution in [2.75, 3.05) is 32.8 Å². The molecule has 27 heavy (non-hydrogen) atoms. The zero-order valence-corrected chi connectivity index (χ0v) is 16.0. The number of hydrogen-bond acceptors (Lipinski definition) is 3. The third-order valence-corrected chi connectivity index (χ3v) is 5.00. The van der Waals surface area contributed by atoms with Crippen molar-refractivity contribution in [3.8, 4) is 5.75 Å². The molecule has 2 amide bonds. The Labute approximate surface area is 160 Å². The maximum absolute atomic E-state index is 12.7. The molecule has 5 heteroatoms. The Morgan fingerprint density at radius 2 is 1.56 bits per heavy atom. The quantitative estimate of drug-likeness (QED) is 0.818. The third-order valence-electron chi connectivity index (χ3n) is 5.00. The molecule has 0 unspecified atom stereocenters. The molecule has 1 saturated heterocycles. The number of carbonyl (C=O) groups is 2. The lowest BCUT2D eigenvalue weighted by Gasteiger charge is -2.35. The van der Waals surface area contributed by atoms with Crippen LogP contribution in [-0.2, 0) is 11.2 Å². The van der Waals surface area contributed by atoms with Gasteiger partial charge in [0.15, 0.2) is 6.61 Å². The summed E-state index contributed by atoms with van der Waals surface area (Å²) in [5.41, 5.74) is 2.81. The zero-order valence-electron chi connectivity index (χ0n) is 16.0. The van der Waals surface area contributed by atoms with Crippen molar-refractivity contribution in [2.24, 2.45) is 0 Å². The molecule has 3 rings (SSSR count). The highest BCUT2D eigenvalue weighted by atomic mass is 16.5. The highest BCUT2D eigenvalue weighted by Crippen LogP contribution is 2.18. The molecule has 0 aromatic heterocycles. The normalized spacial score (nSPS) is 14.1. The van der Waals surface area contributed by atoms with Crippen molar-refractivity contribution >= 4 is 11.8 Å². The predicted molar refractivity (Wildman–Crippen MR) is 105 cm³/mol. The molecule has 0 aliphatic carbocycles. The summed E-state index contributed by atoms with van der Waals surface area (Å²) in [7, 11) is 0. The molecule has 1 heterocycles. The van der Waals surface area contributed by atoms with Crippen LogP contribution >= 0.6 is 0 Å². The minimum Gasteiger partial charge on any atom is -0.483 e. The molecular formula is C22H26N2O3. The van der Waals surface area contributed by atoms with Gasteiger partial charge >= 0.3 is 0 Å². The SMILES string of the molecule is CCc1ccccc1OCC(=O)N1CCN(C(=O)c2ccccc2C)CC1. The molecule has 2 aromatic rings. The molecule has 0 spiro atoms. The number of ether oxygens (including phenoxy) is 1. The van der Waals surface area contributed by atoms with Crippen molar-refractivity contribution in [1.82, 2.24) is 9.80 Å². The van der Waals surface area contributed by atoms with E-state index in [0.717, 1.165) is 28.9 Å². The van der Waals surface area contributed by atoms with Gasteiger partial charge in [0.2, 0.25) is 0 Å². The van der Waals surface area contributed by atoms with Crippen molar-refractivity contribution in [2.45, 2.75) is 20.3 Å². The molecule has 0 saturated carbocycles. The van der Waals surface area contributed by atoms with E-state index in [2.05, 4.69) is 6.92 Å². The summed E-state index contributed by atoms with van der Waals surface area (Å²) in [6.07, 6.45) is 0.865. The minimum absolute atomic E-state index is 0.0305. The topological polar surface area (TPSA) is 49.9 Å². The first-order valence-electron chi connectivity index (χ1n) is 9.43. The number of para-hydroxylation sites is 1. The summed E-state index contributed by atoms with van der Waals surface area (Å²) in [5.74, 6) is 0.763. The van der Waals surface area contributed by atoms with Crippen LogP contribution in [0.25, 0.3) is 0 Å². The number of hydrogen-bond donors (Lipinski definition) is 0. The second-order valence-electron chi connectivity index (χ2n) is 6.74. The Balaban J connectivity index is 1.52. The summed E-state index contributed by atoms with van der Waals surface area (Å²) in [5, 5.41) is 0. The zero-order chi connectivity index (χ0) is 19.2. The molecule has 0 atom stereocenters. The van der Waals surface area contributed by atoms with E-state index in [1.165, 1.54) is 0 Å². The second kappa shape index (κ2) is 8.71. The standard InChI is InChI=1S/C22H26N2O3/c1-3-18-9-5-7-11-20(18)27-16-21(25)23-12-14-24(15-13-23)22(26)19-10-6-4-8-17(19)2/h4-11H,3,12-16H2,1-2H3. The van der Waals surface area contributed by atoms with E-state index < -0.39 is 0 Å². The first kappa shape index (κ1) is 19.0. The molecular weight excluding hydrogens is 340 g/mol. The van der Waals surface area contributed by atoms with Crippen LogP contribution in [0.15, 0.2) is 48.5 Å². The third kappa shape index (κ3) is 4.48. The second-order valence-corrected chi connectivity index (χ2v) is 6.74. The van der Waals surface area contributed by atoms with Gasteiger partial charge in [0, 0.05) is 31.7 Å². The number of carbonyl (C=O) groups excluding carboxylic acids is 2. The number of rotatable bonds is 5. The van der Waals surface area contributed by atoms with Crippen LogP contribution in [-0.4, -0.2) is 54.4 Å². The van der Waals surface area contributed by atoms with Gasteiger partial charge in [-0.1, -0.05) is 43.3 Å². The summed E-state index contributed by atoms with van der Waals surface area (Å²) < 4.78 is 5.73. The fourth-order valence-corrected chi connectivity index (χ4v) is 3.31. The van der Waals surface area contributed by atoms with Crippen LogP contribution in [0.3, 0.4) is 0 Å². The maximum Gasteiger partial charge on any atom is 0.260 e. The number of piperazine rings is 1. The molecule has 0 N–H and O–H groups in total. The van der Waals surface area contributed by atoms with Gasteiger partial charge in [0.25, 0.3) is 11.8 Å². The van der Waals surface area contributed by atoms with Gasteiger partial charge < -0.3 is 14.5 Å². The summed E-state index contributed by atoms with van der Waals surface area (Å²) in [6.45, 7) is 6.20. The lowest BCUT2D eigenvalue weighted by Crippen LogP contribution is -2.51. The van der Waals surface area contributed by atoms with E-state index in [-0.39, 0.29) is 18.4 Å². The summed E-state index contributed by atoms with van der Waals surface area (Å²) in [6, 6.07) is 15.4. The van der Waals surface area contributed by atoms with Crippen molar-refractivity contribution in [3.05, 3.63) is 65.2 Å². The minimum atomic E-state index is -0.0381. The molecule has 2 aromatic carbocycles.